The number of anilines is 1. The molecule has 1 heterocycles. The van der Waals surface area contributed by atoms with Crippen molar-refractivity contribution in [1.29, 1.82) is 0 Å². The number of carbonyl (C=O) groups is 2. The highest BCUT2D eigenvalue weighted by Gasteiger charge is 2.40. The monoisotopic (exact) mass is 456 g/mol. The maximum absolute atomic E-state index is 13.2. The lowest BCUT2D eigenvalue weighted by atomic mass is 9.96. The maximum atomic E-state index is 13.2. The van der Waals surface area contributed by atoms with E-state index in [1.165, 1.54) is 11.3 Å². The second-order valence-corrected chi connectivity index (χ2v) is 11.8. The summed E-state index contributed by atoms with van der Waals surface area (Å²) in [5.74, 6) is 0.183. The average molecular weight is 457 g/mol. The van der Waals surface area contributed by atoms with Gasteiger partial charge in [-0.3, -0.25) is 14.9 Å². The number of aromatic nitrogens is 1. The summed E-state index contributed by atoms with van der Waals surface area (Å²) >= 11 is 1.34. The van der Waals surface area contributed by atoms with Crippen molar-refractivity contribution in [3.8, 4) is 0 Å². The first kappa shape index (κ1) is 20.6. The van der Waals surface area contributed by atoms with Crippen molar-refractivity contribution in [3.63, 3.8) is 0 Å². The van der Waals surface area contributed by atoms with Crippen LogP contribution in [-0.4, -0.2) is 30.3 Å². The van der Waals surface area contributed by atoms with Crippen LogP contribution in [0.25, 0.3) is 5.57 Å². The van der Waals surface area contributed by atoms with Crippen molar-refractivity contribution in [2.45, 2.75) is 61.0 Å². The largest absolute Gasteiger partial charge is 0.300 e. The first-order valence-corrected chi connectivity index (χ1v) is 13.2. The zero-order chi connectivity index (χ0) is 21.6. The Balaban J connectivity index is 1.53. The molecule has 3 fully saturated rings. The van der Waals surface area contributed by atoms with Crippen LogP contribution in [0.3, 0.4) is 0 Å². The van der Waals surface area contributed by atoms with Gasteiger partial charge in [0.1, 0.15) is 5.78 Å². The normalized spacial score (nSPS) is 22.0. The van der Waals surface area contributed by atoms with Gasteiger partial charge in [0.25, 0.3) is 5.91 Å². The van der Waals surface area contributed by atoms with Gasteiger partial charge in [-0.2, -0.15) is 0 Å². The minimum Gasteiger partial charge on any atom is -0.300 e. The van der Waals surface area contributed by atoms with E-state index in [0.717, 1.165) is 37.7 Å². The molecule has 31 heavy (non-hydrogen) atoms. The molecule has 1 aromatic carbocycles. The SMILES string of the molecule is O=C1CC[C@H](C=C(C(=O)Nc2nccs2)c2ccc(S(=O)(=O)C3CC3)c(C3CC3)c2)C1. The molecule has 3 aliphatic rings. The lowest BCUT2D eigenvalue weighted by Gasteiger charge is -2.15. The minimum atomic E-state index is -3.31. The maximum Gasteiger partial charge on any atom is 0.257 e. The van der Waals surface area contributed by atoms with Crippen molar-refractivity contribution in [1.82, 2.24) is 4.98 Å². The summed E-state index contributed by atoms with van der Waals surface area (Å²) in [5.41, 5.74) is 2.01. The molecule has 2 aromatic rings. The Hall–Kier alpha value is -2.32. The molecule has 3 aliphatic carbocycles. The Morgan fingerprint density at radius 1 is 1.16 bits per heavy atom. The summed E-state index contributed by atoms with van der Waals surface area (Å²) in [6.45, 7) is 0. The van der Waals surface area contributed by atoms with Gasteiger partial charge in [0, 0.05) is 30.0 Å². The van der Waals surface area contributed by atoms with Crippen LogP contribution >= 0.6 is 11.3 Å². The van der Waals surface area contributed by atoms with Gasteiger partial charge in [-0.25, -0.2) is 13.4 Å². The van der Waals surface area contributed by atoms with Crippen LogP contribution in [0.4, 0.5) is 5.13 Å². The van der Waals surface area contributed by atoms with E-state index in [0.29, 0.717) is 34.0 Å². The second kappa shape index (κ2) is 7.98. The lowest BCUT2D eigenvalue weighted by Crippen LogP contribution is -2.15. The molecule has 1 atom stereocenters. The summed E-state index contributed by atoms with van der Waals surface area (Å²) in [7, 11) is -3.31. The van der Waals surface area contributed by atoms with E-state index in [-0.39, 0.29) is 28.8 Å². The van der Waals surface area contributed by atoms with Crippen LogP contribution in [0, 0.1) is 5.92 Å². The van der Waals surface area contributed by atoms with E-state index in [9.17, 15) is 18.0 Å². The van der Waals surface area contributed by atoms with Crippen molar-refractivity contribution in [2.75, 3.05) is 5.32 Å². The second-order valence-electron chi connectivity index (χ2n) is 8.68. The van der Waals surface area contributed by atoms with Crippen LogP contribution in [0.5, 0.6) is 0 Å². The number of amides is 1. The van der Waals surface area contributed by atoms with E-state index in [4.69, 9.17) is 0 Å². The number of hydrogen-bond acceptors (Lipinski definition) is 6. The fraction of sp³-hybridized carbons (Fsp3) is 0.435. The quantitative estimate of drug-likeness (QED) is 0.625. The van der Waals surface area contributed by atoms with Gasteiger partial charge in [0.15, 0.2) is 15.0 Å². The zero-order valence-electron chi connectivity index (χ0n) is 17.0. The van der Waals surface area contributed by atoms with Crippen molar-refractivity contribution >= 4 is 43.6 Å². The number of Topliss-reactive ketones (excluding diaryl/α,β-unsaturated/α-hetero) is 1. The first-order valence-electron chi connectivity index (χ1n) is 10.7. The van der Waals surface area contributed by atoms with Gasteiger partial charge in [-0.05, 0) is 67.2 Å². The average Bonchev–Trinajstić information content (AvgIpc) is 3.67. The van der Waals surface area contributed by atoms with Crippen LogP contribution in [0.1, 0.15) is 62.0 Å². The van der Waals surface area contributed by atoms with Gasteiger partial charge in [-0.1, -0.05) is 12.1 Å². The van der Waals surface area contributed by atoms with Gasteiger partial charge in [0.2, 0.25) is 0 Å². The smallest absolute Gasteiger partial charge is 0.257 e. The Kier molecular flexibility index (Phi) is 5.30. The van der Waals surface area contributed by atoms with Gasteiger partial charge in [0.05, 0.1) is 10.1 Å². The molecule has 0 aliphatic heterocycles. The van der Waals surface area contributed by atoms with Crippen LogP contribution in [0.2, 0.25) is 0 Å². The summed E-state index contributed by atoms with van der Waals surface area (Å²) < 4.78 is 25.9. The van der Waals surface area contributed by atoms with Crippen molar-refractivity contribution in [3.05, 3.63) is 47.0 Å². The topological polar surface area (TPSA) is 93.2 Å². The molecular formula is C23H24N2O4S2. The molecule has 8 heteroatoms. The summed E-state index contributed by atoms with van der Waals surface area (Å²) in [6.07, 6.45) is 8.62. The fourth-order valence-corrected chi connectivity index (χ4v) is 6.67. The summed E-state index contributed by atoms with van der Waals surface area (Å²) in [6, 6.07) is 5.31. The highest BCUT2D eigenvalue weighted by Crippen LogP contribution is 2.46. The molecular weight excluding hydrogens is 432 g/mol. The highest BCUT2D eigenvalue weighted by atomic mass is 32.2. The molecule has 0 bridgehead atoms. The third-order valence-corrected chi connectivity index (χ3v) is 9.21. The minimum absolute atomic E-state index is 0.0174. The number of nitrogens with zero attached hydrogens (tertiary/aromatic N) is 1. The van der Waals surface area contributed by atoms with Crippen molar-refractivity contribution in [2.24, 2.45) is 5.92 Å². The van der Waals surface area contributed by atoms with E-state index in [1.807, 2.05) is 12.1 Å². The molecule has 1 amide bonds. The molecule has 0 saturated heterocycles. The summed E-state index contributed by atoms with van der Waals surface area (Å²) in [5, 5.41) is 4.88. The number of hydrogen-bond donors (Lipinski definition) is 1. The molecule has 5 rings (SSSR count). The number of thiazole rings is 1. The molecule has 1 aromatic heterocycles. The Morgan fingerprint density at radius 2 is 1.97 bits per heavy atom. The predicted molar refractivity (Wildman–Crippen MR) is 120 cm³/mol. The van der Waals surface area contributed by atoms with E-state index >= 15 is 0 Å². The number of ketones is 1. The van der Waals surface area contributed by atoms with Crippen LogP contribution < -0.4 is 5.32 Å². The van der Waals surface area contributed by atoms with Gasteiger partial charge in [-0.15, -0.1) is 11.3 Å². The zero-order valence-corrected chi connectivity index (χ0v) is 18.7. The predicted octanol–water partition coefficient (Wildman–Crippen LogP) is 4.35. The molecule has 0 spiro atoms. The first-order chi connectivity index (χ1) is 14.9. The number of carbonyl (C=O) groups excluding carboxylic acids is 2. The Labute approximate surface area is 185 Å². The Morgan fingerprint density at radius 3 is 2.58 bits per heavy atom. The molecule has 1 N–H and O–H groups in total. The Bertz CT molecular complexity index is 1160. The van der Waals surface area contributed by atoms with Crippen molar-refractivity contribution < 1.29 is 18.0 Å². The molecule has 162 valence electrons. The summed E-state index contributed by atoms with van der Waals surface area (Å²) in [4.78, 5) is 29.5. The number of benzene rings is 1. The number of nitrogens with one attached hydrogen (secondary N) is 1. The molecule has 3 saturated carbocycles. The third kappa shape index (κ3) is 4.36. The lowest BCUT2D eigenvalue weighted by molar-refractivity contribution is -0.117. The van der Waals surface area contributed by atoms with Gasteiger partial charge < -0.3 is 0 Å². The third-order valence-electron chi connectivity index (χ3n) is 6.19. The van der Waals surface area contributed by atoms with E-state index in [1.54, 1.807) is 23.7 Å². The fourth-order valence-electron chi connectivity index (χ4n) is 4.22. The van der Waals surface area contributed by atoms with E-state index in [2.05, 4.69) is 10.3 Å². The van der Waals surface area contributed by atoms with Crippen LogP contribution in [0.15, 0.2) is 40.7 Å². The number of allylic oxidation sites excluding steroid dienone is 1. The highest BCUT2D eigenvalue weighted by molar-refractivity contribution is 7.92. The number of rotatable bonds is 7. The van der Waals surface area contributed by atoms with Crippen LogP contribution in [-0.2, 0) is 19.4 Å². The molecule has 6 nitrogen and oxygen atoms in total. The molecule has 0 radical (unpaired) electrons. The standard InChI is InChI=1S/C23H24N2O4S2/c26-17-5-1-14(11-17)12-20(22(27)25-23-24-9-10-30-23)16-4-8-21(19(13-16)15-2-3-15)31(28,29)18-6-7-18/h4,8-10,12-15,18H,1-3,5-7,11H2,(H,24,25,27)/t14-/m0/s1. The van der Waals surface area contributed by atoms with E-state index < -0.39 is 9.84 Å². The molecule has 0 unspecified atom stereocenters. The number of sulfone groups is 1. The van der Waals surface area contributed by atoms with Gasteiger partial charge >= 0.3 is 0 Å².